The molecule has 0 spiro atoms. The molecule has 1 heterocycles. The summed E-state index contributed by atoms with van der Waals surface area (Å²) in [6.07, 6.45) is 10.6. The van der Waals surface area contributed by atoms with E-state index in [-0.39, 0.29) is 0 Å². The van der Waals surface area contributed by atoms with Crippen LogP contribution in [0.15, 0.2) is 0 Å². The number of rotatable bonds is 5. The third-order valence-corrected chi connectivity index (χ3v) is 6.46. The maximum atomic E-state index is 3.79. The zero-order valence-corrected chi connectivity index (χ0v) is 14.7. The molecular formula is C17H34N2S. The topological polar surface area (TPSA) is 15.3 Å². The van der Waals surface area contributed by atoms with Crippen molar-refractivity contribution in [2.75, 3.05) is 19.3 Å². The van der Waals surface area contributed by atoms with Crippen LogP contribution in [0.25, 0.3) is 0 Å². The highest BCUT2D eigenvalue weighted by atomic mass is 32.2. The molecule has 3 heteroatoms. The molecular weight excluding hydrogens is 264 g/mol. The van der Waals surface area contributed by atoms with Crippen LogP contribution in [-0.4, -0.2) is 47.6 Å². The maximum absolute atomic E-state index is 3.79. The van der Waals surface area contributed by atoms with Gasteiger partial charge in [0.15, 0.2) is 0 Å². The molecule has 2 nitrogen and oxygen atoms in total. The summed E-state index contributed by atoms with van der Waals surface area (Å²) in [5.41, 5.74) is 0. The average Bonchev–Trinajstić information content (AvgIpc) is 2.47. The SMILES string of the molecule is CCCC1CN(C2CCC(SC)CC2)C(C(C)C)CN1. The highest BCUT2D eigenvalue weighted by Crippen LogP contribution is 2.32. The minimum absolute atomic E-state index is 0.730. The van der Waals surface area contributed by atoms with Crippen LogP contribution in [-0.2, 0) is 0 Å². The molecule has 1 saturated heterocycles. The smallest absolute Gasteiger partial charge is 0.0247 e. The quantitative estimate of drug-likeness (QED) is 0.832. The van der Waals surface area contributed by atoms with Crippen LogP contribution in [0, 0.1) is 5.92 Å². The van der Waals surface area contributed by atoms with Gasteiger partial charge >= 0.3 is 0 Å². The molecule has 0 radical (unpaired) electrons. The summed E-state index contributed by atoms with van der Waals surface area (Å²) >= 11 is 2.08. The summed E-state index contributed by atoms with van der Waals surface area (Å²) in [5.74, 6) is 0.767. The van der Waals surface area contributed by atoms with E-state index in [4.69, 9.17) is 0 Å². The number of thioether (sulfide) groups is 1. The van der Waals surface area contributed by atoms with Gasteiger partial charge in [0, 0.05) is 36.5 Å². The third kappa shape index (κ3) is 4.14. The first-order valence-electron chi connectivity index (χ1n) is 8.67. The van der Waals surface area contributed by atoms with E-state index in [9.17, 15) is 0 Å². The molecule has 0 bridgehead atoms. The molecule has 0 aromatic rings. The van der Waals surface area contributed by atoms with E-state index in [2.05, 4.69) is 49.0 Å². The zero-order chi connectivity index (χ0) is 14.5. The fraction of sp³-hybridized carbons (Fsp3) is 1.00. The molecule has 0 aromatic heterocycles. The standard InChI is InChI=1S/C17H34N2S/c1-5-6-14-12-19(17(11-18-14)13(2)3)15-7-9-16(20-4)10-8-15/h13-18H,5-12H2,1-4H3. The van der Waals surface area contributed by atoms with Crippen molar-refractivity contribution < 1.29 is 0 Å². The van der Waals surface area contributed by atoms with Crippen LogP contribution in [0.5, 0.6) is 0 Å². The number of hydrogen-bond donors (Lipinski definition) is 1. The predicted octanol–water partition coefficient (Wildman–Crippen LogP) is 3.76. The highest BCUT2D eigenvalue weighted by molar-refractivity contribution is 7.99. The molecule has 1 aliphatic carbocycles. The van der Waals surface area contributed by atoms with Gasteiger partial charge in [-0.15, -0.1) is 0 Å². The van der Waals surface area contributed by atoms with Gasteiger partial charge in [0.2, 0.25) is 0 Å². The molecule has 1 N–H and O–H groups in total. The van der Waals surface area contributed by atoms with Crippen molar-refractivity contribution in [2.24, 2.45) is 5.92 Å². The van der Waals surface area contributed by atoms with Gasteiger partial charge in [0.25, 0.3) is 0 Å². The summed E-state index contributed by atoms with van der Waals surface area (Å²) in [5, 5.41) is 4.72. The molecule has 2 unspecified atom stereocenters. The van der Waals surface area contributed by atoms with Crippen molar-refractivity contribution in [1.29, 1.82) is 0 Å². The summed E-state index contributed by atoms with van der Waals surface area (Å²) in [6.45, 7) is 9.58. The summed E-state index contributed by atoms with van der Waals surface area (Å²) in [6, 6.07) is 2.33. The largest absolute Gasteiger partial charge is 0.311 e. The zero-order valence-electron chi connectivity index (χ0n) is 13.9. The van der Waals surface area contributed by atoms with Crippen molar-refractivity contribution in [1.82, 2.24) is 10.2 Å². The fourth-order valence-corrected chi connectivity index (χ4v) is 4.80. The Morgan fingerprint density at radius 2 is 1.90 bits per heavy atom. The molecule has 2 aliphatic rings. The normalized spacial score (nSPS) is 36.5. The van der Waals surface area contributed by atoms with Crippen LogP contribution in [0.4, 0.5) is 0 Å². The Labute approximate surface area is 130 Å². The Bertz CT molecular complexity index is 274. The summed E-state index contributed by atoms with van der Waals surface area (Å²) in [4.78, 5) is 2.89. The van der Waals surface area contributed by atoms with Crippen LogP contribution < -0.4 is 5.32 Å². The molecule has 2 atom stereocenters. The predicted molar refractivity (Wildman–Crippen MR) is 91.6 cm³/mol. The molecule has 118 valence electrons. The van der Waals surface area contributed by atoms with E-state index >= 15 is 0 Å². The van der Waals surface area contributed by atoms with Gasteiger partial charge in [-0.2, -0.15) is 11.8 Å². The number of nitrogens with one attached hydrogen (secondary N) is 1. The Hall–Kier alpha value is 0.270. The minimum Gasteiger partial charge on any atom is -0.311 e. The second kappa shape index (κ2) is 8.05. The molecule has 2 rings (SSSR count). The second-order valence-corrected chi connectivity index (χ2v) is 8.21. The van der Waals surface area contributed by atoms with Crippen molar-refractivity contribution in [3.63, 3.8) is 0 Å². The van der Waals surface area contributed by atoms with Crippen molar-refractivity contribution in [3.05, 3.63) is 0 Å². The monoisotopic (exact) mass is 298 g/mol. The molecule has 1 saturated carbocycles. The molecule has 0 aromatic carbocycles. The van der Waals surface area contributed by atoms with Gasteiger partial charge in [-0.25, -0.2) is 0 Å². The summed E-state index contributed by atoms with van der Waals surface area (Å²) < 4.78 is 0. The molecule has 20 heavy (non-hydrogen) atoms. The molecule has 2 fully saturated rings. The lowest BCUT2D eigenvalue weighted by molar-refractivity contribution is 0.0382. The lowest BCUT2D eigenvalue weighted by atomic mass is 9.88. The van der Waals surface area contributed by atoms with Crippen LogP contribution >= 0.6 is 11.8 Å². The second-order valence-electron chi connectivity index (χ2n) is 7.07. The number of hydrogen-bond acceptors (Lipinski definition) is 3. The van der Waals surface area contributed by atoms with E-state index < -0.39 is 0 Å². The van der Waals surface area contributed by atoms with E-state index in [1.807, 2.05) is 0 Å². The van der Waals surface area contributed by atoms with Crippen LogP contribution in [0.1, 0.15) is 59.3 Å². The maximum Gasteiger partial charge on any atom is 0.0247 e. The van der Waals surface area contributed by atoms with Gasteiger partial charge < -0.3 is 5.32 Å². The van der Waals surface area contributed by atoms with Gasteiger partial charge in [-0.1, -0.05) is 27.2 Å². The minimum atomic E-state index is 0.730. The third-order valence-electron chi connectivity index (χ3n) is 5.33. The summed E-state index contributed by atoms with van der Waals surface area (Å²) in [7, 11) is 0. The van der Waals surface area contributed by atoms with Gasteiger partial charge in [-0.05, 0) is 44.3 Å². The lowest BCUT2D eigenvalue weighted by Gasteiger charge is -2.48. The first-order chi connectivity index (χ1) is 9.65. The first kappa shape index (κ1) is 16.6. The molecule has 1 aliphatic heterocycles. The lowest BCUT2D eigenvalue weighted by Crippen LogP contribution is -2.61. The first-order valence-corrected chi connectivity index (χ1v) is 9.96. The Kier molecular flexibility index (Phi) is 6.70. The fourth-order valence-electron chi connectivity index (χ4n) is 4.05. The molecule has 0 amide bonds. The van der Waals surface area contributed by atoms with Crippen LogP contribution in [0.3, 0.4) is 0 Å². The number of piperazine rings is 1. The number of nitrogens with zero attached hydrogens (tertiary/aromatic N) is 1. The van der Waals surface area contributed by atoms with Crippen molar-refractivity contribution >= 4 is 11.8 Å². The van der Waals surface area contributed by atoms with E-state index in [0.29, 0.717) is 0 Å². The highest BCUT2D eigenvalue weighted by Gasteiger charge is 2.35. The van der Waals surface area contributed by atoms with Gasteiger partial charge in [0.1, 0.15) is 0 Å². The van der Waals surface area contributed by atoms with Gasteiger partial charge in [-0.3, -0.25) is 4.90 Å². The average molecular weight is 299 g/mol. The van der Waals surface area contributed by atoms with Crippen LogP contribution in [0.2, 0.25) is 0 Å². The Morgan fingerprint density at radius 1 is 1.20 bits per heavy atom. The Balaban J connectivity index is 1.96. The van der Waals surface area contributed by atoms with Crippen molar-refractivity contribution in [2.45, 2.75) is 82.7 Å². The van der Waals surface area contributed by atoms with Crippen molar-refractivity contribution in [3.8, 4) is 0 Å². The Morgan fingerprint density at radius 3 is 2.45 bits per heavy atom. The van der Waals surface area contributed by atoms with E-state index in [1.165, 1.54) is 51.6 Å². The van der Waals surface area contributed by atoms with E-state index in [1.54, 1.807) is 0 Å². The van der Waals surface area contributed by atoms with E-state index in [0.717, 1.165) is 29.3 Å². The van der Waals surface area contributed by atoms with Gasteiger partial charge in [0.05, 0.1) is 0 Å².